The molecule has 1 saturated heterocycles. The second-order valence-corrected chi connectivity index (χ2v) is 11.3. The summed E-state index contributed by atoms with van der Waals surface area (Å²) in [7, 11) is -0.355. The van der Waals surface area contributed by atoms with E-state index in [1.54, 1.807) is 0 Å². The van der Waals surface area contributed by atoms with Crippen molar-refractivity contribution in [3.63, 3.8) is 0 Å². The molecule has 0 N–H and O–H groups in total. The van der Waals surface area contributed by atoms with Gasteiger partial charge in [-0.25, -0.2) is 0 Å². The largest absolute Gasteiger partial charge is 0.494 e. The Labute approximate surface area is 203 Å². The summed E-state index contributed by atoms with van der Waals surface area (Å²) in [6.45, 7) is 13.1. The van der Waals surface area contributed by atoms with Crippen LogP contribution < -0.4 is 5.46 Å². The van der Waals surface area contributed by atoms with Crippen LogP contribution in [-0.4, -0.2) is 18.3 Å². The SMILES string of the molecule is CC1(C)c2cc(-c3cccc(B4OC(C)(C)C(C)(C)O4)c3)ccc2-c2c1ccc1ccccc21. The van der Waals surface area contributed by atoms with Gasteiger partial charge in [0, 0.05) is 5.41 Å². The average molecular weight is 446 g/mol. The first-order valence-corrected chi connectivity index (χ1v) is 12.2. The minimum absolute atomic E-state index is 0.0476. The molecule has 1 fully saturated rings. The molecule has 0 unspecified atom stereocenters. The molecule has 0 radical (unpaired) electrons. The van der Waals surface area contributed by atoms with Crippen LogP contribution in [0.5, 0.6) is 0 Å². The molecule has 0 atom stereocenters. The zero-order valence-corrected chi connectivity index (χ0v) is 20.9. The Bertz CT molecular complexity index is 1430. The second-order valence-electron chi connectivity index (χ2n) is 11.3. The van der Waals surface area contributed by atoms with Gasteiger partial charge in [0.1, 0.15) is 0 Å². The van der Waals surface area contributed by atoms with Crippen molar-refractivity contribution in [2.45, 2.75) is 58.2 Å². The summed E-state index contributed by atoms with van der Waals surface area (Å²) in [4.78, 5) is 0. The summed E-state index contributed by atoms with van der Waals surface area (Å²) in [5.41, 5.74) is 8.26. The molecule has 34 heavy (non-hydrogen) atoms. The predicted octanol–water partition coefficient (Wildman–Crippen LogP) is 7.11. The van der Waals surface area contributed by atoms with E-state index >= 15 is 0 Å². The molecule has 0 bridgehead atoms. The van der Waals surface area contributed by atoms with Gasteiger partial charge in [-0.3, -0.25) is 0 Å². The zero-order valence-electron chi connectivity index (χ0n) is 20.9. The van der Waals surface area contributed by atoms with E-state index in [1.807, 2.05) is 0 Å². The molecule has 4 aromatic rings. The van der Waals surface area contributed by atoms with Crippen molar-refractivity contribution in [2.75, 3.05) is 0 Å². The summed E-state index contributed by atoms with van der Waals surface area (Å²) in [6, 6.07) is 28.9. The van der Waals surface area contributed by atoms with Crippen molar-refractivity contribution < 1.29 is 9.31 Å². The van der Waals surface area contributed by atoms with E-state index in [4.69, 9.17) is 9.31 Å². The van der Waals surface area contributed by atoms with Crippen LogP contribution in [0, 0.1) is 0 Å². The third-order valence-electron chi connectivity index (χ3n) is 8.31. The topological polar surface area (TPSA) is 18.5 Å². The van der Waals surface area contributed by atoms with Crippen LogP contribution in [0.2, 0.25) is 0 Å². The van der Waals surface area contributed by atoms with Gasteiger partial charge in [-0.2, -0.15) is 0 Å². The molecule has 1 heterocycles. The van der Waals surface area contributed by atoms with Crippen molar-refractivity contribution in [3.8, 4) is 22.3 Å². The van der Waals surface area contributed by atoms with E-state index < -0.39 is 0 Å². The normalized spacial score (nSPS) is 19.3. The molecule has 0 saturated carbocycles. The highest BCUT2D eigenvalue weighted by Crippen LogP contribution is 2.52. The fourth-order valence-electron chi connectivity index (χ4n) is 5.53. The van der Waals surface area contributed by atoms with E-state index in [2.05, 4.69) is 120 Å². The standard InChI is InChI=1S/C31H31BO2/c1-29(2)26-17-15-20-10-7-8-13-24(20)28(26)25-16-14-22(19-27(25)29)21-11-9-12-23(18-21)32-33-30(3,4)31(5,6)34-32/h7-19H,1-6H3. The maximum atomic E-state index is 6.31. The highest BCUT2D eigenvalue weighted by atomic mass is 16.7. The Hall–Kier alpha value is -2.88. The molecule has 4 aromatic carbocycles. The summed E-state index contributed by atoms with van der Waals surface area (Å²) in [5, 5.41) is 2.63. The van der Waals surface area contributed by atoms with Gasteiger partial charge in [0.15, 0.2) is 0 Å². The van der Waals surface area contributed by atoms with E-state index in [1.165, 1.54) is 44.2 Å². The van der Waals surface area contributed by atoms with Gasteiger partial charge in [0.2, 0.25) is 0 Å². The van der Waals surface area contributed by atoms with Gasteiger partial charge in [-0.05, 0) is 83.4 Å². The first-order chi connectivity index (χ1) is 16.1. The molecule has 1 aliphatic heterocycles. The van der Waals surface area contributed by atoms with Crippen LogP contribution in [0.3, 0.4) is 0 Å². The molecule has 0 aromatic heterocycles. The van der Waals surface area contributed by atoms with Crippen LogP contribution in [0.1, 0.15) is 52.7 Å². The molecule has 1 aliphatic carbocycles. The molecule has 3 heteroatoms. The maximum Gasteiger partial charge on any atom is 0.494 e. The van der Waals surface area contributed by atoms with Crippen molar-refractivity contribution in [1.29, 1.82) is 0 Å². The van der Waals surface area contributed by atoms with Gasteiger partial charge in [0.25, 0.3) is 0 Å². The number of rotatable bonds is 2. The van der Waals surface area contributed by atoms with Gasteiger partial charge in [-0.15, -0.1) is 0 Å². The highest BCUT2D eigenvalue weighted by molar-refractivity contribution is 6.62. The highest BCUT2D eigenvalue weighted by Gasteiger charge is 2.51. The van der Waals surface area contributed by atoms with Gasteiger partial charge in [-0.1, -0.05) is 86.6 Å². The van der Waals surface area contributed by atoms with Crippen molar-refractivity contribution in [2.24, 2.45) is 0 Å². The smallest absolute Gasteiger partial charge is 0.399 e. The third-order valence-corrected chi connectivity index (χ3v) is 8.31. The van der Waals surface area contributed by atoms with Gasteiger partial charge >= 0.3 is 7.12 Å². The van der Waals surface area contributed by atoms with Crippen LogP contribution >= 0.6 is 0 Å². The Morgan fingerprint density at radius 2 is 1.32 bits per heavy atom. The lowest BCUT2D eigenvalue weighted by Gasteiger charge is -2.32. The summed E-state index contributed by atoms with van der Waals surface area (Å²) in [6.07, 6.45) is 0. The Morgan fingerprint density at radius 1 is 0.618 bits per heavy atom. The van der Waals surface area contributed by atoms with E-state index in [0.29, 0.717) is 0 Å². The fourth-order valence-corrected chi connectivity index (χ4v) is 5.53. The van der Waals surface area contributed by atoms with E-state index in [-0.39, 0.29) is 23.7 Å². The minimum atomic E-state index is -0.355. The molecule has 170 valence electrons. The van der Waals surface area contributed by atoms with Crippen LogP contribution in [0.25, 0.3) is 33.0 Å². The number of hydrogen-bond donors (Lipinski definition) is 0. The van der Waals surface area contributed by atoms with E-state index in [9.17, 15) is 0 Å². The Morgan fingerprint density at radius 3 is 2.09 bits per heavy atom. The molecule has 0 amide bonds. The summed E-state index contributed by atoms with van der Waals surface area (Å²) < 4.78 is 12.6. The number of fused-ring (bicyclic) bond motifs is 5. The first kappa shape index (κ1) is 21.6. The summed E-state index contributed by atoms with van der Waals surface area (Å²) >= 11 is 0. The molecule has 2 aliphatic rings. The molecular weight excluding hydrogens is 415 g/mol. The second kappa shape index (κ2) is 7.07. The van der Waals surface area contributed by atoms with Crippen molar-refractivity contribution in [1.82, 2.24) is 0 Å². The zero-order chi connectivity index (χ0) is 23.9. The van der Waals surface area contributed by atoms with E-state index in [0.717, 1.165) is 5.46 Å². The molecule has 0 spiro atoms. The molecule has 2 nitrogen and oxygen atoms in total. The Balaban J connectivity index is 1.43. The monoisotopic (exact) mass is 446 g/mol. The third kappa shape index (κ3) is 3.04. The average Bonchev–Trinajstić information content (AvgIpc) is 3.18. The lowest BCUT2D eigenvalue weighted by atomic mass is 9.77. The van der Waals surface area contributed by atoms with Crippen molar-refractivity contribution in [3.05, 3.63) is 90.0 Å². The Kier molecular flexibility index (Phi) is 4.50. The quantitative estimate of drug-likeness (QED) is 0.306. The van der Waals surface area contributed by atoms with Crippen LogP contribution in [-0.2, 0) is 14.7 Å². The number of hydrogen-bond acceptors (Lipinski definition) is 2. The lowest BCUT2D eigenvalue weighted by molar-refractivity contribution is 0.00578. The number of benzene rings is 4. The van der Waals surface area contributed by atoms with Gasteiger partial charge in [0.05, 0.1) is 11.2 Å². The first-order valence-electron chi connectivity index (χ1n) is 12.2. The molecular formula is C31H31BO2. The van der Waals surface area contributed by atoms with Crippen molar-refractivity contribution >= 4 is 23.4 Å². The maximum absolute atomic E-state index is 6.31. The predicted molar refractivity (Wildman–Crippen MR) is 143 cm³/mol. The fraction of sp³-hybridized carbons (Fsp3) is 0.290. The van der Waals surface area contributed by atoms with Gasteiger partial charge < -0.3 is 9.31 Å². The summed E-state index contributed by atoms with van der Waals surface area (Å²) in [5.74, 6) is 0. The van der Waals surface area contributed by atoms with Crippen LogP contribution in [0.4, 0.5) is 0 Å². The lowest BCUT2D eigenvalue weighted by Crippen LogP contribution is -2.41. The molecule has 6 rings (SSSR count). The minimum Gasteiger partial charge on any atom is -0.399 e. The van der Waals surface area contributed by atoms with Crippen LogP contribution in [0.15, 0.2) is 78.9 Å².